The van der Waals surface area contributed by atoms with Crippen molar-refractivity contribution in [3.05, 3.63) is 102 Å². The number of rotatable bonds is 3. The highest BCUT2D eigenvalue weighted by Gasteiger charge is 2.22. The second kappa shape index (κ2) is 8.02. The molecule has 0 saturated heterocycles. The van der Waals surface area contributed by atoms with Gasteiger partial charge in [0.1, 0.15) is 34.0 Å². The molecule has 0 bridgehead atoms. The number of phenolic OH excluding ortho intramolecular Hbond substituents is 2. The van der Waals surface area contributed by atoms with Crippen LogP contribution in [0.25, 0.3) is 51.1 Å². The van der Waals surface area contributed by atoms with Crippen molar-refractivity contribution in [1.29, 1.82) is 0 Å². The minimum atomic E-state index is -0.727. The number of allylic oxidation sites excluding steroid dienone is 3. The Morgan fingerprint density at radius 1 is 0.703 bits per heavy atom. The standard InChI is InChI=1S/C27H14O10/c28-12-6-18-24-16(10-22(30)34-18)14(26(32)36-20(24)8-12)4-2-1-3-5-15-17-11-23(31)35-19-7-13(29)9-21(25(17)19)37-27(15)33/h1-11,28-30H/b3-1+,4-2+,15-5-. The predicted octanol–water partition coefficient (Wildman–Crippen LogP) is 3.43. The van der Waals surface area contributed by atoms with Crippen LogP contribution >= 0.6 is 0 Å². The normalized spacial score (nSPS) is 13.8. The van der Waals surface area contributed by atoms with Crippen LogP contribution in [0.15, 0.2) is 82.1 Å². The van der Waals surface area contributed by atoms with Crippen molar-refractivity contribution in [1.82, 2.24) is 0 Å². The van der Waals surface area contributed by atoms with Gasteiger partial charge in [0, 0.05) is 47.4 Å². The molecule has 4 heterocycles. The molecular weight excluding hydrogens is 484 g/mol. The summed E-state index contributed by atoms with van der Waals surface area (Å²) in [5.74, 6) is -0.738. The number of aliphatic hydroxyl groups is 1. The summed E-state index contributed by atoms with van der Waals surface area (Å²) in [7, 11) is 0. The molecular formula is C27H14O10. The molecule has 0 amide bonds. The summed E-state index contributed by atoms with van der Waals surface area (Å²) in [5.41, 5.74) is -1.42. The van der Waals surface area contributed by atoms with Crippen molar-refractivity contribution < 1.29 is 33.3 Å². The fourth-order valence-corrected chi connectivity index (χ4v) is 4.31. The molecule has 0 saturated carbocycles. The Bertz CT molecular complexity index is 2080. The number of ether oxygens (including phenoxy) is 1. The van der Waals surface area contributed by atoms with Gasteiger partial charge in [0.2, 0.25) is 0 Å². The minimum Gasteiger partial charge on any atom is -0.508 e. The highest BCUT2D eigenvalue weighted by molar-refractivity contribution is 6.05. The van der Waals surface area contributed by atoms with Crippen molar-refractivity contribution in [2.75, 3.05) is 0 Å². The number of benzene rings is 2. The fraction of sp³-hybridized carbons (Fsp3) is 0. The van der Waals surface area contributed by atoms with E-state index >= 15 is 0 Å². The molecule has 10 nitrogen and oxygen atoms in total. The van der Waals surface area contributed by atoms with E-state index in [0.717, 1.165) is 0 Å². The van der Waals surface area contributed by atoms with Gasteiger partial charge in [-0.2, -0.15) is 0 Å². The van der Waals surface area contributed by atoms with E-state index in [1.807, 2.05) is 0 Å². The van der Waals surface area contributed by atoms with Gasteiger partial charge in [-0.25, -0.2) is 14.4 Å². The van der Waals surface area contributed by atoms with Gasteiger partial charge in [0.15, 0.2) is 0 Å². The largest absolute Gasteiger partial charge is 0.508 e. The van der Waals surface area contributed by atoms with E-state index in [2.05, 4.69) is 0 Å². The zero-order chi connectivity index (χ0) is 25.8. The highest BCUT2D eigenvalue weighted by Crippen LogP contribution is 2.38. The van der Waals surface area contributed by atoms with E-state index in [0.29, 0.717) is 21.7 Å². The average Bonchev–Trinajstić information content (AvgIpc) is 2.80. The van der Waals surface area contributed by atoms with E-state index < -0.39 is 22.8 Å². The van der Waals surface area contributed by atoms with Gasteiger partial charge in [0.05, 0.1) is 21.6 Å². The van der Waals surface area contributed by atoms with E-state index in [4.69, 9.17) is 18.0 Å². The number of hydrogen-bond acceptors (Lipinski definition) is 10. The van der Waals surface area contributed by atoms with Crippen molar-refractivity contribution >= 4 is 51.1 Å². The number of hydrogen-bond donors (Lipinski definition) is 3. The summed E-state index contributed by atoms with van der Waals surface area (Å²) in [6.45, 7) is 0. The van der Waals surface area contributed by atoms with Crippen molar-refractivity contribution in [3.63, 3.8) is 0 Å². The van der Waals surface area contributed by atoms with E-state index in [1.54, 1.807) is 0 Å². The monoisotopic (exact) mass is 498 g/mol. The Kier molecular flexibility index (Phi) is 4.77. The first-order chi connectivity index (χ1) is 17.8. The molecule has 0 unspecified atom stereocenters. The lowest BCUT2D eigenvalue weighted by atomic mass is 10.0. The van der Waals surface area contributed by atoms with Crippen LogP contribution < -0.4 is 26.8 Å². The number of aromatic hydroxyl groups is 2. The maximum atomic E-state index is 12.6. The van der Waals surface area contributed by atoms with Crippen LogP contribution in [0.1, 0.15) is 11.1 Å². The summed E-state index contributed by atoms with van der Waals surface area (Å²) < 4.78 is 20.9. The summed E-state index contributed by atoms with van der Waals surface area (Å²) in [5, 5.41) is 30.7. The third-order valence-corrected chi connectivity index (χ3v) is 5.77. The first-order valence-corrected chi connectivity index (χ1v) is 10.8. The lowest BCUT2D eigenvalue weighted by Gasteiger charge is -2.16. The second-order valence-corrected chi connectivity index (χ2v) is 8.13. The first-order valence-electron chi connectivity index (χ1n) is 10.8. The zero-order valence-electron chi connectivity index (χ0n) is 18.6. The van der Waals surface area contributed by atoms with Gasteiger partial charge >= 0.3 is 16.9 Å². The second-order valence-electron chi connectivity index (χ2n) is 8.13. The van der Waals surface area contributed by atoms with Crippen LogP contribution in [-0.2, 0) is 0 Å². The Labute approximate surface area is 204 Å². The van der Waals surface area contributed by atoms with Gasteiger partial charge in [-0.3, -0.25) is 0 Å². The van der Waals surface area contributed by atoms with Gasteiger partial charge in [-0.15, -0.1) is 0 Å². The third-order valence-electron chi connectivity index (χ3n) is 5.77. The van der Waals surface area contributed by atoms with Crippen LogP contribution in [0.4, 0.5) is 0 Å². The SMILES string of the molecule is O=c1cc2/c(=C/C=C/C=C/c3c4c5c(cc(O)cc5oc3=O)OC(O)=C4)c(=O)oc3cc(O)cc(o1)c32. The average molecular weight is 498 g/mol. The van der Waals surface area contributed by atoms with Crippen molar-refractivity contribution in [3.8, 4) is 17.2 Å². The Morgan fingerprint density at radius 2 is 1.38 bits per heavy atom. The molecule has 0 spiro atoms. The maximum absolute atomic E-state index is 12.6. The molecule has 5 aromatic rings. The van der Waals surface area contributed by atoms with Gasteiger partial charge in [0.25, 0.3) is 5.95 Å². The summed E-state index contributed by atoms with van der Waals surface area (Å²) in [6.07, 6.45) is 8.71. The summed E-state index contributed by atoms with van der Waals surface area (Å²) >= 11 is 0. The van der Waals surface area contributed by atoms with E-state index in [1.165, 1.54) is 66.8 Å². The van der Waals surface area contributed by atoms with Crippen LogP contribution in [-0.4, -0.2) is 15.3 Å². The molecule has 37 heavy (non-hydrogen) atoms. The fourth-order valence-electron chi connectivity index (χ4n) is 4.31. The lowest BCUT2D eigenvalue weighted by Crippen LogP contribution is -2.24. The molecule has 2 aromatic carbocycles. The predicted molar refractivity (Wildman–Crippen MR) is 133 cm³/mol. The maximum Gasteiger partial charge on any atom is 0.344 e. The van der Waals surface area contributed by atoms with Crippen LogP contribution in [0, 0.1) is 0 Å². The highest BCUT2D eigenvalue weighted by atomic mass is 16.6. The van der Waals surface area contributed by atoms with Crippen LogP contribution in [0.5, 0.6) is 17.2 Å². The zero-order valence-corrected chi connectivity index (χ0v) is 18.6. The Balaban J connectivity index is 1.44. The molecule has 0 atom stereocenters. The van der Waals surface area contributed by atoms with Gasteiger partial charge in [-0.05, 0) is 12.2 Å². The molecule has 0 radical (unpaired) electrons. The van der Waals surface area contributed by atoms with Gasteiger partial charge in [-0.1, -0.05) is 18.2 Å². The van der Waals surface area contributed by atoms with E-state index in [-0.39, 0.29) is 44.8 Å². The van der Waals surface area contributed by atoms with Gasteiger partial charge < -0.3 is 33.3 Å². The minimum absolute atomic E-state index is 0.0738. The summed E-state index contributed by atoms with van der Waals surface area (Å²) in [4.78, 5) is 37.2. The Morgan fingerprint density at radius 3 is 2.16 bits per heavy atom. The van der Waals surface area contributed by atoms with Crippen LogP contribution in [0.2, 0.25) is 0 Å². The Hall–Kier alpha value is -5.51. The molecule has 3 N–H and O–H groups in total. The third kappa shape index (κ3) is 3.64. The molecule has 1 aliphatic heterocycles. The topological polar surface area (TPSA) is 161 Å². The lowest BCUT2D eigenvalue weighted by molar-refractivity contribution is 0.214. The summed E-state index contributed by atoms with van der Waals surface area (Å²) in [6, 6.07) is 6.24. The quantitative estimate of drug-likeness (QED) is 0.248. The molecule has 0 fully saturated rings. The molecule has 6 rings (SSSR count). The molecule has 3 aromatic heterocycles. The van der Waals surface area contributed by atoms with Crippen LogP contribution in [0.3, 0.4) is 0 Å². The molecule has 10 heteroatoms. The molecule has 1 aliphatic rings. The first kappa shape index (κ1) is 22.0. The smallest absolute Gasteiger partial charge is 0.344 e. The molecule has 0 aliphatic carbocycles. The van der Waals surface area contributed by atoms with Crippen molar-refractivity contribution in [2.24, 2.45) is 0 Å². The number of aliphatic hydroxyl groups excluding tert-OH is 1. The number of phenols is 2. The molecule has 182 valence electrons. The van der Waals surface area contributed by atoms with E-state index in [9.17, 15) is 29.7 Å². The van der Waals surface area contributed by atoms with Crippen molar-refractivity contribution in [2.45, 2.75) is 0 Å².